The standard InChI is InChI=1S/C14H14F3NO4/c1-8(19)9-3-5-10(6-4-9)12(20)18-11(13(21)22-2)7-14(15,16)17/h3-6,11H,7H2,1-2H3,(H,18,20)/t11-/m0/s1. The van der Waals surface area contributed by atoms with Gasteiger partial charge in [-0.3, -0.25) is 9.59 Å². The number of benzene rings is 1. The number of ketones is 1. The summed E-state index contributed by atoms with van der Waals surface area (Å²) in [6.45, 7) is 1.34. The van der Waals surface area contributed by atoms with Crippen molar-refractivity contribution in [2.24, 2.45) is 0 Å². The number of amides is 1. The van der Waals surface area contributed by atoms with E-state index in [4.69, 9.17) is 0 Å². The molecule has 0 bridgehead atoms. The molecule has 0 aromatic heterocycles. The van der Waals surface area contributed by atoms with Gasteiger partial charge in [0, 0.05) is 11.1 Å². The van der Waals surface area contributed by atoms with E-state index in [1.165, 1.54) is 31.2 Å². The highest BCUT2D eigenvalue weighted by molar-refractivity contribution is 5.99. The molecule has 5 nitrogen and oxygen atoms in total. The first-order valence-corrected chi connectivity index (χ1v) is 6.20. The summed E-state index contributed by atoms with van der Waals surface area (Å²) in [6.07, 6.45) is -6.17. The third kappa shape index (κ3) is 5.19. The predicted octanol–water partition coefficient (Wildman–Crippen LogP) is 2.11. The lowest BCUT2D eigenvalue weighted by molar-refractivity contribution is -0.160. The van der Waals surface area contributed by atoms with Gasteiger partial charge in [-0.05, 0) is 19.1 Å². The fourth-order valence-corrected chi connectivity index (χ4v) is 1.66. The van der Waals surface area contributed by atoms with E-state index in [0.29, 0.717) is 5.56 Å². The molecule has 0 aliphatic rings. The highest BCUT2D eigenvalue weighted by Gasteiger charge is 2.37. The molecule has 0 fully saturated rings. The van der Waals surface area contributed by atoms with E-state index >= 15 is 0 Å². The first-order chi connectivity index (χ1) is 10.1. The number of nitrogens with one attached hydrogen (secondary N) is 1. The van der Waals surface area contributed by atoms with Gasteiger partial charge < -0.3 is 10.1 Å². The van der Waals surface area contributed by atoms with Crippen LogP contribution in [-0.2, 0) is 9.53 Å². The Morgan fingerprint density at radius 1 is 1.14 bits per heavy atom. The van der Waals surface area contributed by atoms with Gasteiger partial charge in [0.1, 0.15) is 6.04 Å². The van der Waals surface area contributed by atoms with Crippen LogP contribution in [0.25, 0.3) is 0 Å². The SMILES string of the molecule is COC(=O)[C@H](CC(F)(F)F)NC(=O)c1ccc(C(C)=O)cc1. The topological polar surface area (TPSA) is 72.5 Å². The number of carbonyl (C=O) groups excluding carboxylic acids is 3. The van der Waals surface area contributed by atoms with Crippen LogP contribution in [0.3, 0.4) is 0 Å². The molecule has 0 aliphatic heterocycles. The zero-order chi connectivity index (χ0) is 16.9. The monoisotopic (exact) mass is 317 g/mol. The molecule has 0 spiro atoms. The van der Waals surface area contributed by atoms with Crippen molar-refractivity contribution >= 4 is 17.7 Å². The zero-order valence-electron chi connectivity index (χ0n) is 11.9. The Balaban J connectivity index is 2.86. The number of ether oxygens (including phenoxy) is 1. The molecular weight excluding hydrogens is 303 g/mol. The summed E-state index contributed by atoms with van der Waals surface area (Å²) in [5.74, 6) is -2.27. The summed E-state index contributed by atoms with van der Waals surface area (Å²) in [5.41, 5.74) is 0.387. The van der Waals surface area contributed by atoms with E-state index in [9.17, 15) is 27.6 Å². The zero-order valence-corrected chi connectivity index (χ0v) is 11.9. The third-order valence-electron chi connectivity index (χ3n) is 2.78. The van der Waals surface area contributed by atoms with E-state index in [-0.39, 0.29) is 11.3 Å². The summed E-state index contributed by atoms with van der Waals surface area (Å²) >= 11 is 0. The molecule has 0 saturated carbocycles. The number of halogens is 3. The van der Waals surface area contributed by atoms with Crippen LogP contribution in [0, 0.1) is 0 Å². The van der Waals surface area contributed by atoms with Crippen LogP contribution in [0.2, 0.25) is 0 Å². The summed E-state index contributed by atoms with van der Waals surface area (Å²) in [4.78, 5) is 34.3. The molecule has 0 aliphatic carbocycles. The van der Waals surface area contributed by atoms with Gasteiger partial charge in [0.15, 0.2) is 5.78 Å². The van der Waals surface area contributed by atoms with Gasteiger partial charge in [0.25, 0.3) is 5.91 Å². The molecule has 1 rings (SSSR count). The van der Waals surface area contributed by atoms with Crippen LogP contribution in [0.1, 0.15) is 34.1 Å². The minimum Gasteiger partial charge on any atom is -0.467 e. The second-order valence-corrected chi connectivity index (χ2v) is 4.50. The fourth-order valence-electron chi connectivity index (χ4n) is 1.66. The third-order valence-corrected chi connectivity index (χ3v) is 2.78. The maximum atomic E-state index is 12.4. The number of hydrogen-bond donors (Lipinski definition) is 1. The number of Topliss-reactive ketones (excluding diaryl/α,β-unsaturated/α-hetero) is 1. The van der Waals surface area contributed by atoms with Crippen molar-refractivity contribution in [3.63, 3.8) is 0 Å². The average molecular weight is 317 g/mol. The largest absolute Gasteiger partial charge is 0.467 e. The molecule has 8 heteroatoms. The van der Waals surface area contributed by atoms with Gasteiger partial charge in [-0.2, -0.15) is 13.2 Å². The van der Waals surface area contributed by atoms with Crippen LogP contribution in [-0.4, -0.2) is 37.0 Å². The number of alkyl halides is 3. The molecule has 0 heterocycles. The summed E-state index contributed by atoms with van der Waals surface area (Å²) in [7, 11) is 0.930. The Labute approximate surface area is 124 Å². The average Bonchev–Trinajstić information content (AvgIpc) is 2.44. The van der Waals surface area contributed by atoms with Gasteiger partial charge in [-0.1, -0.05) is 12.1 Å². The van der Waals surface area contributed by atoms with Crippen LogP contribution < -0.4 is 5.32 Å². The lowest BCUT2D eigenvalue weighted by atomic mass is 10.1. The highest BCUT2D eigenvalue weighted by atomic mass is 19.4. The van der Waals surface area contributed by atoms with Crippen molar-refractivity contribution in [3.05, 3.63) is 35.4 Å². The predicted molar refractivity (Wildman–Crippen MR) is 70.4 cm³/mol. The molecule has 120 valence electrons. The molecule has 0 unspecified atom stereocenters. The lowest BCUT2D eigenvalue weighted by Gasteiger charge is -2.18. The summed E-state index contributed by atoms with van der Waals surface area (Å²) in [5, 5.41) is 1.97. The Morgan fingerprint density at radius 2 is 1.64 bits per heavy atom. The Kier molecular flexibility index (Phi) is 5.67. The van der Waals surface area contributed by atoms with Crippen molar-refractivity contribution in [2.45, 2.75) is 25.6 Å². The molecule has 1 N–H and O–H groups in total. The van der Waals surface area contributed by atoms with Gasteiger partial charge in [0.05, 0.1) is 13.5 Å². The second-order valence-electron chi connectivity index (χ2n) is 4.50. The van der Waals surface area contributed by atoms with E-state index < -0.39 is 30.5 Å². The number of methoxy groups -OCH3 is 1. The van der Waals surface area contributed by atoms with Crippen LogP contribution in [0.4, 0.5) is 13.2 Å². The fraction of sp³-hybridized carbons (Fsp3) is 0.357. The van der Waals surface area contributed by atoms with Gasteiger partial charge in [-0.25, -0.2) is 4.79 Å². The first kappa shape index (κ1) is 17.7. The minimum absolute atomic E-state index is 0.0288. The van der Waals surface area contributed by atoms with Crippen molar-refractivity contribution < 1.29 is 32.3 Å². The molecule has 1 aromatic rings. The van der Waals surface area contributed by atoms with Crippen LogP contribution in [0.15, 0.2) is 24.3 Å². The number of rotatable bonds is 5. The Morgan fingerprint density at radius 3 is 2.05 bits per heavy atom. The van der Waals surface area contributed by atoms with E-state index in [0.717, 1.165) is 7.11 Å². The van der Waals surface area contributed by atoms with Crippen LogP contribution in [0.5, 0.6) is 0 Å². The van der Waals surface area contributed by atoms with E-state index in [1.54, 1.807) is 0 Å². The van der Waals surface area contributed by atoms with Crippen molar-refractivity contribution in [1.29, 1.82) is 0 Å². The molecular formula is C14H14F3NO4. The summed E-state index contributed by atoms with van der Waals surface area (Å²) in [6, 6.07) is 3.48. The molecule has 22 heavy (non-hydrogen) atoms. The molecule has 1 atom stereocenters. The maximum Gasteiger partial charge on any atom is 0.391 e. The number of hydrogen-bond acceptors (Lipinski definition) is 4. The second kappa shape index (κ2) is 7.06. The molecule has 0 radical (unpaired) electrons. The van der Waals surface area contributed by atoms with Gasteiger partial charge in [-0.15, -0.1) is 0 Å². The molecule has 1 amide bonds. The maximum absolute atomic E-state index is 12.4. The normalized spacial score (nSPS) is 12.4. The van der Waals surface area contributed by atoms with E-state index in [1.807, 2.05) is 5.32 Å². The van der Waals surface area contributed by atoms with Crippen LogP contribution >= 0.6 is 0 Å². The quantitative estimate of drug-likeness (QED) is 0.667. The number of carbonyl (C=O) groups is 3. The van der Waals surface area contributed by atoms with Gasteiger partial charge >= 0.3 is 12.1 Å². The van der Waals surface area contributed by atoms with Crippen molar-refractivity contribution in [1.82, 2.24) is 5.32 Å². The highest BCUT2D eigenvalue weighted by Crippen LogP contribution is 2.22. The summed E-state index contributed by atoms with van der Waals surface area (Å²) < 4.78 is 41.4. The van der Waals surface area contributed by atoms with E-state index in [2.05, 4.69) is 4.74 Å². The van der Waals surface area contributed by atoms with Crippen molar-refractivity contribution in [3.8, 4) is 0 Å². The Hall–Kier alpha value is -2.38. The first-order valence-electron chi connectivity index (χ1n) is 6.20. The van der Waals surface area contributed by atoms with Crippen molar-refractivity contribution in [2.75, 3.05) is 7.11 Å². The molecule has 0 saturated heterocycles. The Bertz CT molecular complexity index is 566. The van der Waals surface area contributed by atoms with Gasteiger partial charge in [0.2, 0.25) is 0 Å². The molecule has 1 aromatic carbocycles. The minimum atomic E-state index is -4.63. The smallest absolute Gasteiger partial charge is 0.391 e. The lowest BCUT2D eigenvalue weighted by Crippen LogP contribution is -2.44. The number of esters is 1.